The Balaban J connectivity index is 1.49. The number of ether oxygens (including phenoxy) is 1. The summed E-state index contributed by atoms with van der Waals surface area (Å²) in [4.78, 5) is 46.0. The van der Waals surface area contributed by atoms with Gasteiger partial charge in [-0.3, -0.25) is 19.2 Å². The topological polar surface area (TPSA) is 106 Å². The second kappa shape index (κ2) is 11.4. The number of hydrogen-bond donors (Lipinski definition) is 1. The van der Waals surface area contributed by atoms with Gasteiger partial charge in [0.05, 0.1) is 24.1 Å². The SMILES string of the molecule is CCOC(=O)c1c(NC(=O)CSC2=N/C(=C/c3cnn(C)c3)C(=O)N2CC(C)C)sc2c1CCCC2. The first-order chi connectivity index (χ1) is 17.3. The summed E-state index contributed by atoms with van der Waals surface area (Å²) in [7, 11) is 1.81. The van der Waals surface area contributed by atoms with E-state index in [0.717, 1.165) is 41.7 Å². The van der Waals surface area contributed by atoms with E-state index < -0.39 is 0 Å². The normalized spacial score (nSPS) is 16.5. The number of anilines is 1. The molecule has 36 heavy (non-hydrogen) atoms. The standard InChI is InChI=1S/C25H31N5O4S2/c1-5-34-24(33)21-17-8-6-7-9-19(17)36-22(21)28-20(31)14-35-25-27-18(10-16-11-26-29(4)13-16)23(32)30(25)12-15(2)3/h10-11,13,15H,5-9,12,14H2,1-4H3,(H,28,31)/b18-10+. The Morgan fingerprint density at radius 3 is 2.78 bits per heavy atom. The van der Waals surface area contributed by atoms with Crippen molar-refractivity contribution in [2.75, 3.05) is 24.2 Å². The van der Waals surface area contributed by atoms with Crippen molar-refractivity contribution in [2.45, 2.75) is 46.5 Å². The number of amidine groups is 1. The highest BCUT2D eigenvalue weighted by Gasteiger charge is 2.32. The maximum Gasteiger partial charge on any atom is 0.341 e. The average molecular weight is 530 g/mol. The lowest BCUT2D eigenvalue weighted by molar-refractivity contribution is -0.123. The highest BCUT2D eigenvalue weighted by Crippen LogP contribution is 2.38. The Labute approximate surface area is 219 Å². The summed E-state index contributed by atoms with van der Waals surface area (Å²) in [5.41, 5.74) is 2.60. The first-order valence-corrected chi connectivity index (χ1v) is 13.9. The molecule has 1 N–H and O–H groups in total. The molecule has 4 rings (SSSR count). The van der Waals surface area contributed by atoms with Gasteiger partial charge in [0.25, 0.3) is 5.91 Å². The number of aliphatic imine (C=N–C) groups is 1. The van der Waals surface area contributed by atoms with Gasteiger partial charge in [0, 0.05) is 30.2 Å². The quantitative estimate of drug-likeness (QED) is 0.408. The van der Waals surface area contributed by atoms with Crippen LogP contribution in [0.5, 0.6) is 0 Å². The van der Waals surface area contributed by atoms with E-state index in [-0.39, 0.29) is 36.1 Å². The van der Waals surface area contributed by atoms with Gasteiger partial charge in [-0.15, -0.1) is 11.3 Å². The van der Waals surface area contributed by atoms with Crippen LogP contribution in [-0.4, -0.2) is 56.5 Å². The van der Waals surface area contributed by atoms with E-state index in [2.05, 4.69) is 15.4 Å². The Morgan fingerprint density at radius 2 is 2.08 bits per heavy atom. The third-order valence-corrected chi connectivity index (χ3v) is 7.91. The smallest absolute Gasteiger partial charge is 0.341 e. The van der Waals surface area contributed by atoms with Crippen LogP contribution in [0.2, 0.25) is 0 Å². The van der Waals surface area contributed by atoms with Crippen molar-refractivity contribution >= 4 is 57.1 Å². The third-order valence-electron chi connectivity index (χ3n) is 5.72. The van der Waals surface area contributed by atoms with Gasteiger partial charge in [-0.05, 0) is 50.2 Å². The summed E-state index contributed by atoms with van der Waals surface area (Å²) >= 11 is 2.68. The van der Waals surface area contributed by atoms with Gasteiger partial charge in [0.1, 0.15) is 10.7 Å². The number of nitrogens with one attached hydrogen (secondary N) is 1. The van der Waals surface area contributed by atoms with E-state index in [9.17, 15) is 14.4 Å². The Kier molecular flexibility index (Phi) is 8.30. The van der Waals surface area contributed by atoms with Crippen molar-refractivity contribution in [3.05, 3.63) is 39.7 Å². The molecule has 0 saturated heterocycles. The number of thiophene rings is 1. The van der Waals surface area contributed by atoms with E-state index >= 15 is 0 Å². The zero-order valence-corrected chi connectivity index (χ0v) is 22.6. The van der Waals surface area contributed by atoms with Crippen LogP contribution in [0.15, 0.2) is 23.1 Å². The molecule has 11 heteroatoms. The third kappa shape index (κ3) is 5.89. The van der Waals surface area contributed by atoms with Crippen LogP contribution in [-0.2, 0) is 34.2 Å². The minimum Gasteiger partial charge on any atom is -0.462 e. The molecule has 2 amide bonds. The molecule has 0 bridgehead atoms. The van der Waals surface area contributed by atoms with Crippen LogP contribution >= 0.6 is 23.1 Å². The van der Waals surface area contributed by atoms with Crippen LogP contribution in [0.1, 0.15) is 60.0 Å². The molecular formula is C25H31N5O4S2. The van der Waals surface area contributed by atoms with Crippen molar-refractivity contribution in [3.63, 3.8) is 0 Å². The predicted molar refractivity (Wildman–Crippen MR) is 143 cm³/mol. The molecule has 2 aromatic rings. The zero-order valence-electron chi connectivity index (χ0n) is 21.0. The Bertz CT molecular complexity index is 1230. The first-order valence-electron chi connectivity index (χ1n) is 12.1. The number of esters is 1. The highest BCUT2D eigenvalue weighted by molar-refractivity contribution is 8.14. The molecule has 1 aliphatic heterocycles. The summed E-state index contributed by atoms with van der Waals surface area (Å²) in [5.74, 6) is -0.541. The minimum absolute atomic E-state index is 0.0612. The largest absolute Gasteiger partial charge is 0.462 e. The number of rotatable bonds is 8. The number of aromatic nitrogens is 2. The van der Waals surface area contributed by atoms with E-state index in [0.29, 0.717) is 28.0 Å². The fourth-order valence-electron chi connectivity index (χ4n) is 4.21. The number of thioether (sulfide) groups is 1. The molecule has 0 saturated carbocycles. The van der Waals surface area contributed by atoms with Crippen molar-refractivity contribution in [2.24, 2.45) is 18.0 Å². The van der Waals surface area contributed by atoms with Crippen LogP contribution < -0.4 is 5.32 Å². The molecule has 192 valence electrons. The predicted octanol–water partition coefficient (Wildman–Crippen LogP) is 4.10. The average Bonchev–Trinajstić information content (AvgIpc) is 3.49. The maximum atomic E-state index is 13.0. The van der Waals surface area contributed by atoms with E-state index in [4.69, 9.17) is 4.74 Å². The molecule has 0 spiro atoms. The van der Waals surface area contributed by atoms with Crippen LogP contribution in [0, 0.1) is 5.92 Å². The lowest BCUT2D eigenvalue weighted by Crippen LogP contribution is -2.34. The van der Waals surface area contributed by atoms with Crippen molar-refractivity contribution in [1.82, 2.24) is 14.7 Å². The number of hydrogen-bond acceptors (Lipinski definition) is 8. The molecule has 2 aromatic heterocycles. The number of fused-ring (bicyclic) bond motifs is 1. The van der Waals surface area contributed by atoms with Gasteiger partial charge in [-0.2, -0.15) is 5.10 Å². The van der Waals surface area contributed by atoms with Gasteiger partial charge >= 0.3 is 5.97 Å². The van der Waals surface area contributed by atoms with E-state index in [1.54, 1.807) is 28.8 Å². The van der Waals surface area contributed by atoms with Gasteiger partial charge in [0.15, 0.2) is 5.17 Å². The zero-order chi connectivity index (χ0) is 25.8. The molecule has 1 aliphatic carbocycles. The Hall–Kier alpha value is -2.92. The monoisotopic (exact) mass is 529 g/mol. The molecule has 0 atom stereocenters. The van der Waals surface area contributed by atoms with Gasteiger partial charge < -0.3 is 10.1 Å². The molecule has 0 radical (unpaired) electrons. The van der Waals surface area contributed by atoms with Crippen LogP contribution in [0.3, 0.4) is 0 Å². The Morgan fingerprint density at radius 1 is 1.31 bits per heavy atom. The molecule has 0 unspecified atom stereocenters. The second-order valence-electron chi connectivity index (χ2n) is 9.15. The summed E-state index contributed by atoms with van der Waals surface area (Å²) in [5, 5.41) is 8.10. The number of nitrogens with zero attached hydrogens (tertiary/aromatic N) is 4. The van der Waals surface area contributed by atoms with E-state index in [1.807, 2.05) is 27.1 Å². The van der Waals surface area contributed by atoms with Crippen LogP contribution in [0.4, 0.5) is 5.00 Å². The number of carbonyl (C=O) groups excluding carboxylic acids is 3. The molecular weight excluding hydrogens is 498 g/mol. The van der Waals surface area contributed by atoms with Crippen molar-refractivity contribution in [3.8, 4) is 0 Å². The summed E-state index contributed by atoms with van der Waals surface area (Å²) in [6.07, 6.45) is 9.01. The van der Waals surface area contributed by atoms with Gasteiger partial charge in [-0.1, -0.05) is 25.6 Å². The fraction of sp³-hybridized carbons (Fsp3) is 0.480. The van der Waals surface area contributed by atoms with Gasteiger partial charge in [0.2, 0.25) is 5.91 Å². The summed E-state index contributed by atoms with van der Waals surface area (Å²) in [6, 6.07) is 0. The number of amides is 2. The minimum atomic E-state index is -0.390. The second-order valence-corrected chi connectivity index (χ2v) is 11.2. The molecule has 9 nitrogen and oxygen atoms in total. The lowest BCUT2D eigenvalue weighted by Gasteiger charge is -2.19. The van der Waals surface area contributed by atoms with E-state index in [1.165, 1.54) is 23.1 Å². The molecule has 0 aromatic carbocycles. The lowest BCUT2D eigenvalue weighted by atomic mass is 9.95. The van der Waals surface area contributed by atoms with Crippen molar-refractivity contribution in [1.29, 1.82) is 0 Å². The summed E-state index contributed by atoms with van der Waals surface area (Å²) in [6.45, 7) is 6.61. The summed E-state index contributed by atoms with van der Waals surface area (Å²) < 4.78 is 6.94. The molecule has 2 aliphatic rings. The highest BCUT2D eigenvalue weighted by atomic mass is 32.2. The van der Waals surface area contributed by atoms with Crippen LogP contribution in [0.25, 0.3) is 6.08 Å². The molecule has 3 heterocycles. The number of aryl methyl sites for hydroxylation is 2. The maximum absolute atomic E-state index is 13.0. The molecule has 0 fully saturated rings. The fourth-order valence-corrected chi connectivity index (χ4v) is 6.31. The van der Waals surface area contributed by atoms with Crippen molar-refractivity contribution < 1.29 is 19.1 Å². The first kappa shape index (κ1) is 26.2. The number of carbonyl (C=O) groups is 3. The van der Waals surface area contributed by atoms with Gasteiger partial charge in [-0.25, -0.2) is 9.79 Å².